The topological polar surface area (TPSA) is 78.4 Å². The van der Waals surface area contributed by atoms with Crippen LogP contribution in [0.2, 0.25) is 0 Å². The Bertz CT molecular complexity index is 452. The van der Waals surface area contributed by atoms with Crippen molar-refractivity contribution in [2.45, 2.75) is 33.6 Å². The minimum Gasteiger partial charge on any atom is -0.481 e. The molecule has 1 atom stereocenters. The summed E-state index contributed by atoms with van der Waals surface area (Å²) in [6, 6.07) is 1.71. The molecule has 0 radical (unpaired) electrons. The van der Waals surface area contributed by atoms with Gasteiger partial charge in [-0.05, 0) is 40.6 Å². The van der Waals surface area contributed by atoms with E-state index < -0.39 is 11.9 Å². The summed E-state index contributed by atoms with van der Waals surface area (Å²) in [4.78, 5) is 22.8. The highest BCUT2D eigenvalue weighted by Crippen LogP contribution is 2.24. The Morgan fingerprint density at radius 3 is 2.57 bits per heavy atom. The lowest BCUT2D eigenvalue weighted by Crippen LogP contribution is -2.41. The molecule has 1 rings (SSSR count). The molecule has 118 valence electrons. The van der Waals surface area contributed by atoms with Crippen LogP contribution < -0.4 is 10.6 Å². The van der Waals surface area contributed by atoms with E-state index in [2.05, 4.69) is 10.6 Å². The lowest BCUT2D eigenvalue weighted by atomic mass is 9.84. The van der Waals surface area contributed by atoms with Gasteiger partial charge in [0.1, 0.15) is 0 Å². The van der Waals surface area contributed by atoms with E-state index in [-0.39, 0.29) is 18.0 Å². The van der Waals surface area contributed by atoms with Crippen molar-refractivity contribution in [1.82, 2.24) is 10.6 Å². The summed E-state index contributed by atoms with van der Waals surface area (Å²) in [6.07, 6.45) is 1.30. The van der Waals surface area contributed by atoms with E-state index in [1.54, 1.807) is 11.3 Å². The van der Waals surface area contributed by atoms with Gasteiger partial charge in [-0.3, -0.25) is 4.79 Å². The average molecular weight is 312 g/mol. The zero-order valence-electron chi connectivity index (χ0n) is 12.8. The van der Waals surface area contributed by atoms with Crippen LogP contribution in [0, 0.1) is 11.3 Å². The maximum atomic E-state index is 11.7. The molecule has 1 aromatic heterocycles. The van der Waals surface area contributed by atoms with Crippen molar-refractivity contribution < 1.29 is 14.7 Å². The molecule has 1 heterocycles. The van der Waals surface area contributed by atoms with Crippen molar-refractivity contribution in [1.29, 1.82) is 0 Å². The standard InChI is InChI=1S/C15H24N2O3S/c1-15(2,3)8-12(13(18)19)9-17-14(20)16-6-4-11-5-7-21-10-11/h5,7,10,12H,4,6,8-9H2,1-3H3,(H,18,19)(H2,16,17,20). The summed E-state index contributed by atoms with van der Waals surface area (Å²) < 4.78 is 0. The van der Waals surface area contributed by atoms with Crippen LogP contribution in [0.4, 0.5) is 4.79 Å². The lowest BCUT2D eigenvalue weighted by Gasteiger charge is -2.23. The Morgan fingerprint density at radius 1 is 1.33 bits per heavy atom. The van der Waals surface area contributed by atoms with Crippen molar-refractivity contribution in [2.24, 2.45) is 11.3 Å². The van der Waals surface area contributed by atoms with Crippen LogP contribution in [-0.2, 0) is 11.2 Å². The van der Waals surface area contributed by atoms with Gasteiger partial charge in [0, 0.05) is 13.1 Å². The number of amides is 2. The van der Waals surface area contributed by atoms with Crippen LogP contribution in [0.1, 0.15) is 32.8 Å². The molecule has 0 aliphatic carbocycles. The Morgan fingerprint density at radius 2 is 2.05 bits per heavy atom. The number of urea groups is 1. The number of hydrogen-bond donors (Lipinski definition) is 3. The fourth-order valence-electron chi connectivity index (χ4n) is 2.02. The molecular weight excluding hydrogens is 288 g/mol. The predicted octanol–water partition coefficient (Wildman–Crippen LogP) is 2.73. The Balaban J connectivity index is 2.27. The van der Waals surface area contributed by atoms with E-state index in [0.29, 0.717) is 13.0 Å². The van der Waals surface area contributed by atoms with Crippen LogP contribution in [0.5, 0.6) is 0 Å². The largest absolute Gasteiger partial charge is 0.481 e. The summed E-state index contributed by atoms with van der Waals surface area (Å²) in [5.41, 5.74) is 1.11. The van der Waals surface area contributed by atoms with Crippen LogP contribution in [0.3, 0.4) is 0 Å². The molecule has 0 aromatic carbocycles. The van der Waals surface area contributed by atoms with Gasteiger partial charge in [-0.25, -0.2) is 4.79 Å². The average Bonchev–Trinajstić information content (AvgIpc) is 2.86. The molecule has 0 aliphatic heterocycles. The Labute approximate surface area is 129 Å². The number of nitrogens with one attached hydrogen (secondary N) is 2. The third-order valence-electron chi connectivity index (χ3n) is 3.00. The van der Waals surface area contributed by atoms with E-state index in [0.717, 1.165) is 6.42 Å². The predicted molar refractivity (Wildman–Crippen MR) is 84.6 cm³/mol. The molecule has 0 aliphatic rings. The fourth-order valence-corrected chi connectivity index (χ4v) is 2.72. The molecular formula is C15H24N2O3S. The first-order valence-electron chi connectivity index (χ1n) is 7.03. The van der Waals surface area contributed by atoms with Gasteiger partial charge in [0.2, 0.25) is 0 Å². The van der Waals surface area contributed by atoms with Gasteiger partial charge in [0.25, 0.3) is 0 Å². The van der Waals surface area contributed by atoms with Crippen LogP contribution >= 0.6 is 11.3 Å². The van der Waals surface area contributed by atoms with Crippen molar-refractivity contribution >= 4 is 23.3 Å². The van der Waals surface area contributed by atoms with Gasteiger partial charge in [0.05, 0.1) is 5.92 Å². The highest BCUT2D eigenvalue weighted by Gasteiger charge is 2.24. The molecule has 0 saturated heterocycles. The second-order valence-electron chi connectivity index (χ2n) is 6.32. The highest BCUT2D eigenvalue weighted by molar-refractivity contribution is 7.07. The summed E-state index contributed by atoms with van der Waals surface area (Å²) in [5.74, 6) is -1.43. The quantitative estimate of drug-likeness (QED) is 0.724. The minimum atomic E-state index is -0.872. The van der Waals surface area contributed by atoms with Gasteiger partial charge >= 0.3 is 12.0 Å². The van der Waals surface area contributed by atoms with Crippen LogP contribution in [0.15, 0.2) is 16.8 Å². The Hall–Kier alpha value is -1.56. The molecule has 0 spiro atoms. The lowest BCUT2D eigenvalue weighted by molar-refractivity contribution is -0.142. The van der Waals surface area contributed by atoms with E-state index in [1.165, 1.54) is 5.56 Å². The first-order valence-corrected chi connectivity index (χ1v) is 7.98. The van der Waals surface area contributed by atoms with E-state index >= 15 is 0 Å². The van der Waals surface area contributed by atoms with E-state index in [4.69, 9.17) is 0 Å². The number of carboxylic acids is 1. The SMILES string of the molecule is CC(C)(C)CC(CNC(=O)NCCc1ccsc1)C(=O)O. The maximum absolute atomic E-state index is 11.7. The van der Waals surface area contributed by atoms with Gasteiger partial charge in [0.15, 0.2) is 0 Å². The fraction of sp³-hybridized carbons (Fsp3) is 0.600. The third-order valence-corrected chi connectivity index (χ3v) is 3.73. The molecule has 0 saturated carbocycles. The third kappa shape index (κ3) is 7.70. The summed E-state index contributed by atoms with van der Waals surface area (Å²) in [5, 5.41) is 18.6. The molecule has 5 nitrogen and oxygen atoms in total. The van der Waals surface area contributed by atoms with Crippen molar-refractivity contribution in [2.75, 3.05) is 13.1 Å². The Kier molecular flexibility index (Phi) is 6.68. The summed E-state index contributed by atoms with van der Waals surface area (Å²) in [7, 11) is 0. The number of carboxylic acid groups (broad SMARTS) is 1. The van der Waals surface area contributed by atoms with Crippen molar-refractivity contribution in [3.63, 3.8) is 0 Å². The van der Waals surface area contributed by atoms with Gasteiger partial charge in [-0.1, -0.05) is 20.8 Å². The minimum absolute atomic E-state index is 0.0832. The molecule has 1 aromatic rings. The monoisotopic (exact) mass is 312 g/mol. The normalized spacial score (nSPS) is 12.7. The van der Waals surface area contributed by atoms with Crippen molar-refractivity contribution in [3.05, 3.63) is 22.4 Å². The zero-order valence-corrected chi connectivity index (χ0v) is 13.6. The number of carbonyl (C=O) groups is 2. The number of carbonyl (C=O) groups excluding carboxylic acids is 1. The second kappa shape index (κ2) is 8.02. The first kappa shape index (κ1) is 17.5. The maximum Gasteiger partial charge on any atom is 0.314 e. The number of thiophene rings is 1. The molecule has 0 bridgehead atoms. The number of hydrogen-bond acceptors (Lipinski definition) is 3. The highest BCUT2D eigenvalue weighted by atomic mass is 32.1. The van der Waals surface area contributed by atoms with Gasteiger partial charge in [-0.15, -0.1) is 0 Å². The molecule has 2 amide bonds. The smallest absolute Gasteiger partial charge is 0.314 e. The molecule has 3 N–H and O–H groups in total. The summed E-state index contributed by atoms with van der Waals surface area (Å²) in [6.45, 7) is 6.66. The first-order chi connectivity index (χ1) is 9.78. The van der Waals surface area contributed by atoms with Crippen LogP contribution in [0.25, 0.3) is 0 Å². The van der Waals surface area contributed by atoms with E-state index in [9.17, 15) is 14.7 Å². The molecule has 21 heavy (non-hydrogen) atoms. The molecule has 6 heteroatoms. The van der Waals surface area contributed by atoms with Crippen LogP contribution in [-0.4, -0.2) is 30.2 Å². The summed E-state index contributed by atoms with van der Waals surface area (Å²) >= 11 is 1.63. The van der Waals surface area contributed by atoms with E-state index in [1.807, 2.05) is 37.6 Å². The second-order valence-corrected chi connectivity index (χ2v) is 7.10. The van der Waals surface area contributed by atoms with Gasteiger partial charge in [-0.2, -0.15) is 11.3 Å². The number of aliphatic carboxylic acids is 1. The van der Waals surface area contributed by atoms with Gasteiger partial charge < -0.3 is 15.7 Å². The zero-order chi connectivity index (χ0) is 15.9. The molecule has 1 unspecified atom stereocenters. The molecule has 0 fully saturated rings. The van der Waals surface area contributed by atoms with Crippen molar-refractivity contribution in [3.8, 4) is 0 Å². The number of rotatable bonds is 7.